The average Bonchev–Trinajstić information content (AvgIpc) is 2.77. The van der Waals surface area contributed by atoms with Crippen molar-refractivity contribution in [2.75, 3.05) is 52.9 Å². The second-order valence-electron chi connectivity index (χ2n) is 6.14. The Labute approximate surface area is 180 Å². The molecule has 0 aliphatic rings. The third kappa shape index (κ3) is 9.04. The van der Waals surface area contributed by atoms with Gasteiger partial charge in [-0.05, 0) is 24.3 Å². The van der Waals surface area contributed by atoms with Gasteiger partial charge in [0.15, 0.2) is 0 Å². The van der Waals surface area contributed by atoms with Crippen molar-refractivity contribution in [2.24, 2.45) is 0 Å². The zero-order valence-electron chi connectivity index (χ0n) is 17.0. The molecular weight excluding hydrogens is 408 g/mol. The third-order valence-corrected chi connectivity index (χ3v) is 3.91. The van der Waals surface area contributed by atoms with Gasteiger partial charge in [-0.25, -0.2) is 9.59 Å². The van der Waals surface area contributed by atoms with E-state index in [1.54, 1.807) is 24.3 Å². The quantitative estimate of drug-likeness (QED) is 0.340. The predicted molar refractivity (Wildman–Crippen MR) is 109 cm³/mol. The van der Waals surface area contributed by atoms with Crippen LogP contribution in [0.25, 0.3) is 0 Å². The number of rotatable bonds is 14. The van der Waals surface area contributed by atoms with Crippen LogP contribution in [0.15, 0.2) is 48.5 Å². The van der Waals surface area contributed by atoms with Gasteiger partial charge in [0.1, 0.15) is 35.8 Å². The number of carbonyl (C=O) groups excluding carboxylic acids is 2. The summed E-state index contributed by atoms with van der Waals surface area (Å²) < 4.78 is 25.9. The van der Waals surface area contributed by atoms with Gasteiger partial charge in [0, 0.05) is 0 Å². The maximum absolute atomic E-state index is 11.8. The zero-order chi connectivity index (χ0) is 22.3. The van der Waals surface area contributed by atoms with Crippen molar-refractivity contribution < 1.29 is 43.5 Å². The van der Waals surface area contributed by atoms with Crippen molar-refractivity contribution >= 4 is 11.9 Å². The molecular formula is C22H26O9. The number of aromatic hydroxyl groups is 2. The minimum absolute atomic E-state index is 0.0652. The Morgan fingerprint density at radius 1 is 0.548 bits per heavy atom. The summed E-state index contributed by atoms with van der Waals surface area (Å²) >= 11 is 0. The number of phenolic OH excluding ortho intramolecular Hbond substituents is 2. The van der Waals surface area contributed by atoms with E-state index in [-0.39, 0.29) is 49.1 Å². The summed E-state index contributed by atoms with van der Waals surface area (Å²) in [6.07, 6.45) is 0. The normalized spacial score (nSPS) is 10.6. The highest BCUT2D eigenvalue weighted by atomic mass is 16.6. The van der Waals surface area contributed by atoms with Gasteiger partial charge >= 0.3 is 11.9 Å². The van der Waals surface area contributed by atoms with E-state index < -0.39 is 11.9 Å². The van der Waals surface area contributed by atoms with Crippen LogP contribution >= 0.6 is 0 Å². The van der Waals surface area contributed by atoms with Crippen LogP contribution in [0.2, 0.25) is 0 Å². The third-order valence-electron chi connectivity index (χ3n) is 3.91. The molecule has 0 heterocycles. The molecule has 0 radical (unpaired) electrons. The van der Waals surface area contributed by atoms with Crippen molar-refractivity contribution in [3.63, 3.8) is 0 Å². The summed E-state index contributed by atoms with van der Waals surface area (Å²) in [5.74, 6) is -1.47. The minimum atomic E-state index is -0.610. The molecule has 0 saturated heterocycles. The van der Waals surface area contributed by atoms with Crippen LogP contribution in [0.4, 0.5) is 0 Å². The Bertz CT molecular complexity index is 755. The van der Waals surface area contributed by atoms with Crippen molar-refractivity contribution in [1.29, 1.82) is 0 Å². The van der Waals surface area contributed by atoms with Crippen LogP contribution < -0.4 is 0 Å². The maximum Gasteiger partial charge on any atom is 0.341 e. The second-order valence-corrected chi connectivity index (χ2v) is 6.14. The van der Waals surface area contributed by atoms with Crippen LogP contribution in [0.5, 0.6) is 11.5 Å². The van der Waals surface area contributed by atoms with E-state index in [1.807, 2.05) is 0 Å². The molecule has 2 rings (SSSR count). The second kappa shape index (κ2) is 14.0. The van der Waals surface area contributed by atoms with Gasteiger partial charge in [0.2, 0.25) is 0 Å². The molecule has 168 valence electrons. The molecule has 0 aliphatic heterocycles. The largest absolute Gasteiger partial charge is 0.507 e. The van der Waals surface area contributed by atoms with E-state index in [9.17, 15) is 19.8 Å². The molecule has 0 amide bonds. The summed E-state index contributed by atoms with van der Waals surface area (Å²) in [6.45, 7) is 1.89. The van der Waals surface area contributed by atoms with Gasteiger partial charge in [0.05, 0.1) is 39.6 Å². The van der Waals surface area contributed by atoms with Crippen LogP contribution in [0.1, 0.15) is 20.7 Å². The summed E-state index contributed by atoms with van der Waals surface area (Å²) in [7, 11) is 0. The molecule has 31 heavy (non-hydrogen) atoms. The highest BCUT2D eigenvalue weighted by Crippen LogP contribution is 2.17. The smallest absolute Gasteiger partial charge is 0.341 e. The Kier molecular flexibility index (Phi) is 10.9. The Morgan fingerprint density at radius 2 is 0.871 bits per heavy atom. The lowest BCUT2D eigenvalue weighted by Crippen LogP contribution is -2.15. The van der Waals surface area contributed by atoms with Gasteiger partial charge in [0.25, 0.3) is 0 Å². The fourth-order valence-corrected chi connectivity index (χ4v) is 2.38. The Hall–Kier alpha value is -3.14. The molecule has 9 nitrogen and oxygen atoms in total. The fraction of sp³-hybridized carbons (Fsp3) is 0.364. The van der Waals surface area contributed by atoms with Crippen molar-refractivity contribution in [1.82, 2.24) is 0 Å². The number of esters is 2. The lowest BCUT2D eigenvalue weighted by atomic mass is 10.2. The van der Waals surface area contributed by atoms with Crippen molar-refractivity contribution in [3.05, 3.63) is 59.7 Å². The highest BCUT2D eigenvalue weighted by Gasteiger charge is 2.12. The van der Waals surface area contributed by atoms with Gasteiger partial charge < -0.3 is 33.9 Å². The van der Waals surface area contributed by atoms with Crippen molar-refractivity contribution in [2.45, 2.75) is 0 Å². The van der Waals surface area contributed by atoms with Gasteiger partial charge in [-0.1, -0.05) is 24.3 Å². The molecule has 0 unspecified atom stereocenters. The fourth-order valence-electron chi connectivity index (χ4n) is 2.38. The SMILES string of the molecule is O=C(OCCOCCOCCOCCOC(=O)c1ccccc1O)c1ccccc1O. The summed E-state index contributed by atoms with van der Waals surface area (Å²) in [6, 6.07) is 12.3. The number of ether oxygens (including phenoxy) is 5. The average molecular weight is 434 g/mol. The first-order valence-electron chi connectivity index (χ1n) is 9.73. The topological polar surface area (TPSA) is 121 Å². The highest BCUT2D eigenvalue weighted by molar-refractivity contribution is 5.92. The Balaban J connectivity index is 1.38. The first kappa shape index (κ1) is 24.1. The van der Waals surface area contributed by atoms with Crippen molar-refractivity contribution in [3.8, 4) is 11.5 Å². The summed E-state index contributed by atoms with van der Waals surface area (Å²) in [5.41, 5.74) is 0.220. The van der Waals surface area contributed by atoms with Crippen LogP contribution in [0.3, 0.4) is 0 Å². The van der Waals surface area contributed by atoms with Crippen LogP contribution in [-0.4, -0.2) is 75.0 Å². The lowest BCUT2D eigenvalue weighted by Gasteiger charge is -2.09. The molecule has 2 aromatic carbocycles. The van der Waals surface area contributed by atoms with Gasteiger partial charge in [-0.2, -0.15) is 0 Å². The number of carbonyl (C=O) groups is 2. The summed E-state index contributed by atoms with van der Waals surface area (Å²) in [4.78, 5) is 23.5. The first-order chi connectivity index (χ1) is 15.1. The van der Waals surface area contributed by atoms with E-state index >= 15 is 0 Å². The predicted octanol–water partition coefficient (Wildman–Crippen LogP) is 2.16. The monoisotopic (exact) mass is 434 g/mol. The zero-order valence-corrected chi connectivity index (χ0v) is 17.0. The molecule has 0 aromatic heterocycles. The van der Waals surface area contributed by atoms with Gasteiger partial charge in [-0.15, -0.1) is 0 Å². The Morgan fingerprint density at radius 3 is 1.23 bits per heavy atom. The maximum atomic E-state index is 11.8. The number of phenols is 2. The molecule has 0 fully saturated rings. The van der Waals surface area contributed by atoms with E-state index in [0.717, 1.165) is 0 Å². The number of hydrogen-bond acceptors (Lipinski definition) is 9. The first-order valence-corrected chi connectivity index (χ1v) is 9.73. The van der Waals surface area contributed by atoms with Crippen LogP contribution in [-0.2, 0) is 23.7 Å². The number of benzene rings is 2. The van der Waals surface area contributed by atoms with E-state index in [0.29, 0.717) is 26.4 Å². The molecule has 9 heteroatoms. The van der Waals surface area contributed by atoms with E-state index in [1.165, 1.54) is 24.3 Å². The van der Waals surface area contributed by atoms with Gasteiger partial charge in [-0.3, -0.25) is 0 Å². The lowest BCUT2D eigenvalue weighted by molar-refractivity contribution is -0.00681. The number of hydrogen-bond donors (Lipinski definition) is 2. The summed E-state index contributed by atoms with van der Waals surface area (Å²) in [5, 5.41) is 19.1. The van der Waals surface area contributed by atoms with E-state index in [4.69, 9.17) is 23.7 Å². The standard InChI is InChI=1S/C22H26O9/c23-19-7-3-1-5-17(19)21(25)30-15-13-28-11-9-27-10-12-29-14-16-31-22(26)18-6-2-4-8-20(18)24/h1-8,23-24H,9-16H2. The molecule has 2 aromatic rings. The molecule has 2 N–H and O–H groups in total. The molecule has 0 atom stereocenters. The number of para-hydroxylation sites is 2. The van der Waals surface area contributed by atoms with E-state index in [2.05, 4.69) is 0 Å². The molecule has 0 bridgehead atoms. The minimum Gasteiger partial charge on any atom is -0.507 e. The molecule has 0 spiro atoms. The molecule has 0 saturated carbocycles. The van der Waals surface area contributed by atoms with Crippen LogP contribution in [0, 0.1) is 0 Å². The molecule has 0 aliphatic carbocycles.